The Labute approximate surface area is 93.6 Å². The zero-order chi connectivity index (χ0) is 11.4. The Morgan fingerprint density at radius 3 is 3.06 bits per heavy atom. The number of H-pyrrole nitrogens is 1. The van der Waals surface area contributed by atoms with E-state index in [1.54, 1.807) is 0 Å². The maximum absolute atomic E-state index is 11.7. The minimum Gasteiger partial charge on any atom is -0.367 e. The number of piperidine rings is 1. The molecule has 1 aliphatic heterocycles. The molecule has 0 aliphatic carbocycles. The highest BCUT2D eigenvalue weighted by molar-refractivity contribution is 5.83. The zero-order valence-electron chi connectivity index (χ0n) is 8.95. The van der Waals surface area contributed by atoms with Gasteiger partial charge in [-0.25, -0.2) is 0 Å². The molecule has 1 unspecified atom stereocenters. The zero-order valence-corrected chi connectivity index (χ0v) is 8.95. The van der Waals surface area contributed by atoms with E-state index < -0.39 is 0 Å². The lowest BCUT2D eigenvalue weighted by atomic mass is 9.98. The summed E-state index contributed by atoms with van der Waals surface area (Å²) in [6, 6.07) is 1.92. The normalized spacial score (nSPS) is 20.2. The number of rotatable bonds is 3. The Morgan fingerprint density at radius 1 is 1.56 bits per heavy atom. The molecular weight excluding hydrogens is 206 g/mol. The number of hydrogen-bond acceptors (Lipinski definition) is 2. The van der Waals surface area contributed by atoms with Gasteiger partial charge in [-0.05, 0) is 18.1 Å². The Hall–Kier alpha value is -1.78. The van der Waals surface area contributed by atoms with Crippen molar-refractivity contribution in [2.24, 2.45) is 5.92 Å². The van der Waals surface area contributed by atoms with Crippen molar-refractivity contribution in [2.45, 2.75) is 19.4 Å². The van der Waals surface area contributed by atoms with Crippen LogP contribution in [0.2, 0.25) is 0 Å². The molecule has 2 heterocycles. The van der Waals surface area contributed by atoms with Gasteiger partial charge in [-0.3, -0.25) is 9.59 Å². The van der Waals surface area contributed by atoms with Crippen molar-refractivity contribution in [2.75, 3.05) is 6.54 Å². The van der Waals surface area contributed by atoms with Crippen molar-refractivity contribution in [3.8, 4) is 0 Å². The largest absolute Gasteiger partial charge is 0.367 e. The maximum Gasteiger partial charge on any atom is 0.225 e. The van der Waals surface area contributed by atoms with E-state index in [9.17, 15) is 9.59 Å². The smallest absolute Gasteiger partial charge is 0.225 e. The number of carbonyl (C=O) groups excluding carboxylic acids is 2. The van der Waals surface area contributed by atoms with E-state index in [0.717, 1.165) is 5.56 Å². The van der Waals surface area contributed by atoms with Crippen molar-refractivity contribution in [1.29, 1.82) is 0 Å². The van der Waals surface area contributed by atoms with Crippen LogP contribution >= 0.6 is 0 Å². The molecule has 5 heteroatoms. The summed E-state index contributed by atoms with van der Waals surface area (Å²) in [5.74, 6) is -0.0347. The molecule has 16 heavy (non-hydrogen) atoms. The molecule has 1 atom stereocenters. The SMILES string of the molecule is O=C1CCC(C(=O)NCc2cc[nH]c2)CN1. The molecular formula is C11H15N3O2. The fourth-order valence-corrected chi connectivity index (χ4v) is 1.76. The van der Waals surface area contributed by atoms with E-state index in [1.165, 1.54) is 0 Å². The number of hydrogen-bond donors (Lipinski definition) is 3. The Balaban J connectivity index is 1.77. The summed E-state index contributed by atoms with van der Waals surface area (Å²) in [5.41, 5.74) is 1.05. The number of aromatic amines is 1. The van der Waals surface area contributed by atoms with Crippen LogP contribution in [0.1, 0.15) is 18.4 Å². The first-order valence-corrected chi connectivity index (χ1v) is 5.42. The van der Waals surface area contributed by atoms with Gasteiger partial charge in [-0.15, -0.1) is 0 Å². The fourth-order valence-electron chi connectivity index (χ4n) is 1.76. The predicted molar refractivity (Wildman–Crippen MR) is 58.4 cm³/mol. The quantitative estimate of drug-likeness (QED) is 0.680. The number of carbonyl (C=O) groups is 2. The van der Waals surface area contributed by atoms with Gasteiger partial charge in [0.1, 0.15) is 0 Å². The van der Waals surface area contributed by atoms with Gasteiger partial charge < -0.3 is 15.6 Å². The summed E-state index contributed by atoms with van der Waals surface area (Å²) in [7, 11) is 0. The summed E-state index contributed by atoms with van der Waals surface area (Å²) >= 11 is 0. The second-order valence-electron chi connectivity index (χ2n) is 3.98. The highest BCUT2D eigenvalue weighted by Gasteiger charge is 2.23. The molecule has 3 N–H and O–H groups in total. The first-order chi connectivity index (χ1) is 7.75. The molecule has 2 amide bonds. The second-order valence-corrected chi connectivity index (χ2v) is 3.98. The van der Waals surface area contributed by atoms with Crippen molar-refractivity contribution in [3.63, 3.8) is 0 Å². The molecule has 1 aromatic rings. The van der Waals surface area contributed by atoms with E-state index in [1.807, 2.05) is 18.5 Å². The highest BCUT2D eigenvalue weighted by Crippen LogP contribution is 2.10. The number of aromatic nitrogens is 1. The Bertz CT molecular complexity index is 363. The van der Waals surface area contributed by atoms with Gasteiger partial charge >= 0.3 is 0 Å². The van der Waals surface area contributed by atoms with Gasteiger partial charge in [-0.2, -0.15) is 0 Å². The van der Waals surface area contributed by atoms with Crippen LogP contribution in [0, 0.1) is 5.92 Å². The van der Waals surface area contributed by atoms with Gasteiger partial charge in [0.2, 0.25) is 11.8 Å². The molecule has 0 aromatic carbocycles. The standard InChI is InChI=1S/C11H15N3O2/c15-10-2-1-9(7-13-10)11(16)14-6-8-3-4-12-5-8/h3-5,9,12H,1-2,6-7H2,(H,13,15)(H,14,16). The first-order valence-electron chi connectivity index (χ1n) is 5.42. The minimum absolute atomic E-state index is 0.0150. The predicted octanol–water partition coefficient (Wildman–Crippen LogP) is 0.157. The molecule has 0 bridgehead atoms. The molecule has 1 saturated heterocycles. The first kappa shape index (κ1) is 10.7. The van der Waals surface area contributed by atoms with Crippen LogP contribution in [-0.2, 0) is 16.1 Å². The van der Waals surface area contributed by atoms with Gasteiger partial charge in [-0.1, -0.05) is 0 Å². The van der Waals surface area contributed by atoms with E-state index in [0.29, 0.717) is 25.9 Å². The summed E-state index contributed by atoms with van der Waals surface area (Å²) in [6.45, 7) is 0.991. The minimum atomic E-state index is -0.0864. The molecule has 0 saturated carbocycles. The maximum atomic E-state index is 11.7. The third-order valence-corrected chi connectivity index (χ3v) is 2.77. The third kappa shape index (κ3) is 2.62. The molecule has 86 valence electrons. The fraction of sp³-hybridized carbons (Fsp3) is 0.455. The molecule has 2 rings (SSSR count). The highest BCUT2D eigenvalue weighted by atomic mass is 16.2. The monoisotopic (exact) mass is 221 g/mol. The lowest BCUT2D eigenvalue weighted by Gasteiger charge is -2.21. The van der Waals surface area contributed by atoms with Crippen LogP contribution < -0.4 is 10.6 Å². The van der Waals surface area contributed by atoms with Crippen LogP contribution in [-0.4, -0.2) is 23.3 Å². The molecule has 1 aliphatic rings. The van der Waals surface area contributed by atoms with E-state index >= 15 is 0 Å². The molecule has 5 nitrogen and oxygen atoms in total. The van der Waals surface area contributed by atoms with Gasteiger partial charge in [0.25, 0.3) is 0 Å². The summed E-state index contributed by atoms with van der Waals surface area (Å²) in [6.07, 6.45) is 4.76. The Kier molecular flexibility index (Phi) is 3.24. The van der Waals surface area contributed by atoms with Crippen molar-refractivity contribution in [3.05, 3.63) is 24.0 Å². The average Bonchev–Trinajstić information content (AvgIpc) is 2.80. The van der Waals surface area contributed by atoms with Crippen LogP contribution in [0.3, 0.4) is 0 Å². The van der Waals surface area contributed by atoms with Gasteiger partial charge in [0.15, 0.2) is 0 Å². The van der Waals surface area contributed by atoms with E-state index in [4.69, 9.17) is 0 Å². The van der Waals surface area contributed by atoms with Crippen LogP contribution in [0.4, 0.5) is 0 Å². The lowest BCUT2D eigenvalue weighted by Crippen LogP contribution is -2.42. The molecule has 1 fully saturated rings. The number of amides is 2. The average molecular weight is 221 g/mol. The Morgan fingerprint density at radius 2 is 2.44 bits per heavy atom. The number of nitrogens with one attached hydrogen (secondary N) is 3. The van der Waals surface area contributed by atoms with Crippen molar-refractivity contribution >= 4 is 11.8 Å². The summed E-state index contributed by atoms with van der Waals surface area (Å²) in [5, 5.41) is 5.56. The van der Waals surface area contributed by atoms with Gasteiger partial charge in [0.05, 0.1) is 5.92 Å². The van der Waals surface area contributed by atoms with E-state index in [-0.39, 0.29) is 17.7 Å². The molecule has 1 aromatic heterocycles. The van der Waals surface area contributed by atoms with Crippen LogP contribution in [0.15, 0.2) is 18.5 Å². The van der Waals surface area contributed by atoms with Crippen molar-refractivity contribution in [1.82, 2.24) is 15.6 Å². The third-order valence-electron chi connectivity index (χ3n) is 2.77. The van der Waals surface area contributed by atoms with Crippen LogP contribution in [0.25, 0.3) is 0 Å². The van der Waals surface area contributed by atoms with Crippen molar-refractivity contribution < 1.29 is 9.59 Å². The van der Waals surface area contributed by atoms with E-state index in [2.05, 4.69) is 15.6 Å². The molecule has 0 spiro atoms. The summed E-state index contributed by atoms with van der Waals surface area (Å²) in [4.78, 5) is 25.6. The van der Waals surface area contributed by atoms with Crippen LogP contribution in [0.5, 0.6) is 0 Å². The summed E-state index contributed by atoms with van der Waals surface area (Å²) < 4.78 is 0. The lowest BCUT2D eigenvalue weighted by molar-refractivity contribution is -0.129. The topological polar surface area (TPSA) is 74.0 Å². The molecule has 0 radical (unpaired) electrons. The van der Waals surface area contributed by atoms with Gasteiger partial charge in [0, 0.05) is 31.9 Å². The second kappa shape index (κ2) is 4.83.